The molecule has 7 rings (SSSR count). The van der Waals surface area contributed by atoms with Crippen molar-refractivity contribution in [3.63, 3.8) is 0 Å². The number of halogens is 2. The van der Waals surface area contributed by atoms with Gasteiger partial charge in [-0.05, 0) is 97.0 Å². The fraction of sp³-hybridized carbons (Fsp3) is 0.278. The van der Waals surface area contributed by atoms with Crippen molar-refractivity contribution in [3.8, 4) is 5.75 Å². The molecule has 0 spiro atoms. The number of nitrogens with two attached hydrogens (primary N) is 1. The first-order valence-corrected chi connectivity index (χ1v) is 17.8. The molecule has 8 nitrogen and oxygen atoms in total. The van der Waals surface area contributed by atoms with Crippen LogP contribution in [0.3, 0.4) is 0 Å². The van der Waals surface area contributed by atoms with Crippen LogP contribution in [-0.2, 0) is 10.0 Å². The minimum atomic E-state index is -3.85. The van der Waals surface area contributed by atoms with Crippen LogP contribution in [0.15, 0.2) is 89.8 Å². The van der Waals surface area contributed by atoms with Gasteiger partial charge in [0, 0.05) is 46.1 Å². The van der Waals surface area contributed by atoms with Gasteiger partial charge in [-0.1, -0.05) is 53.5 Å². The van der Waals surface area contributed by atoms with Gasteiger partial charge >= 0.3 is 0 Å². The van der Waals surface area contributed by atoms with Gasteiger partial charge in [0.25, 0.3) is 5.91 Å². The third-order valence-electron chi connectivity index (χ3n) is 9.31. The average molecular weight is 690 g/mol. The maximum atomic E-state index is 13.7. The molecule has 1 aromatic heterocycles. The van der Waals surface area contributed by atoms with Gasteiger partial charge in [0.15, 0.2) is 0 Å². The lowest BCUT2D eigenvalue weighted by atomic mass is 9.84. The smallest absolute Gasteiger partial charge is 0.252 e. The number of fused-ring (bicyclic) bond motifs is 1. The second-order valence-corrected chi connectivity index (χ2v) is 15.1. The van der Waals surface area contributed by atoms with E-state index in [1.807, 2.05) is 24.3 Å². The number of piperidine rings is 1. The summed E-state index contributed by atoms with van der Waals surface area (Å²) in [5, 5.41) is 7.54. The normalized spacial score (nSPS) is 16.2. The Morgan fingerprint density at radius 3 is 2.00 bits per heavy atom. The minimum absolute atomic E-state index is 0.0269. The van der Waals surface area contributed by atoms with Crippen LogP contribution in [0.2, 0.25) is 10.0 Å². The van der Waals surface area contributed by atoms with E-state index in [-0.39, 0.29) is 28.0 Å². The minimum Gasteiger partial charge on any atom is -0.496 e. The molecule has 47 heavy (non-hydrogen) atoms. The first-order valence-electron chi connectivity index (χ1n) is 15.6. The molecule has 242 valence electrons. The quantitative estimate of drug-likeness (QED) is 0.161. The number of methoxy groups -OCH3 is 1. The second kappa shape index (κ2) is 12.6. The van der Waals surface area contributed by atoms with Gasteiger partial charge in [-0.3, -0.25) is 9.48 Å². The van der Waals surface area contributed by atoms with Crippen molar-refractivity contribution in [1.82, 2.24) is 14.1 Å². The fourth-order valence-corrected chi connectivity index (χ4v) is 8.52. The van der Waals surface area contributed by atoms with Crippen LogP contribution in [0.25, 0.3) is 10.9 Å². The van der Waals surface area contributed by atoms with E-state index in [4.69, 9.17) is 38.8 Å². The number of aromatic nitrogens is 2. The fourth-order valence-electron chi connectivity index (χ4n) is 6.77. The monoisotopic (exact) mass is 688 g/mol. The Morgan fingerprint density at radius 2 is 1.45 bits per heavy atom. The summed E-state index contributed by atoms with van der Waals surface area (Å²) in [5.74, 6) is -0.424. The van der Waals surface area contributed by atoms with Crippen LogP contribution in [0.4, 0.5) is 0 Å². The van der Waals surface area contributed by atoms with Crippen molar-refractivity contribution < 1.29 is 17.9 Å². The summed E-state index contributed by atoms with van der Waals surface area (Å²) in [7, 11) is -2.44. The van der Waals surface area contributed by atoms with Crippen molar-refractivity contribution in [2.75, 3.05) is 20.2 Å². The van der Waals surface area contributed by atoms with E-state index < -0.39 is 15.9 Å². The van der Waals surface area contributed by atoms with E-state index in [2.05, 4.69) is 47.1 Å². The number of carbonyl (C=O) groups is 1. The van der Waals surface area contributed by atoms with Gasteiger partial charge in [0.1, 0.15) is 5.75 Å². The number of primary amides is 1. The molecule has 1 aliphatic carbocycles. The molecule has 11 heteroatoms. The zero-order valence-electron chi connectivity index (χ0n) is 25.8. The number of nitrogens with zero attached hydrogens (tertiary/aromatic N) is 3. The lowest BCUT2D eigenvalue weighted by molar-refractivity contribution is 0.0997. The highest BCUT2D eigenvalue weighted by Gasteiger charge is 2.36. The maximum Gasteiger partial charge on any atom is 0.252 e. The molecular formula is C36H34Cl2N4O4S. The van der Waals surface area contributed by atoms with Gasteiger partial charge in [-0.15, -0.1) is 0 Å². The van der Waals surface area contributed by atoms with Gasteiger partial charge < -0.3 is 10.5 Å². The summed E-state index contributed by atoms with van der Waals surface area (Å²) < 4.78 is 36.3. The van der Waals surface area contributed by atoms with Crippen molar-refractivity contribution in [1.29, 1.82) is 0 Å². The molecule has 0 bridgehead atoms. The summed E-state index contributed by atoms with van der Waals surface area (Å²) in [6.45, 7) is 0.695. The SMILES string of the molecule is COc1ccc(S(=O)(=O)N2CCC(c3c4cc(C(c5ccc(Cl)cc5)c5ccc(Cl)cc5)ccc4nn3C3CC3)CC2)cc1C(N)=O. The summed E-state index contributed by atoms with van der Waals surface area (Å²) in [6.07, 6.45) is 3.46. The molecule has 0 radical (unpaired) electrons. The first kappa shape index (κ1) is 31.7. The predicted molar refractivity (Wildman–Crippen MR) is 184 cm³/mol. The predicted octanol–water partition coefficient (Wildman–Crippen LogP) is 7.53. The second-order valence-electron chi connectivity index (χ2n) is 12.3. The molecule has 1 aliphatic heterocycles. The topological polar surface area (TPSA) is 108 Å². The zero-order chi connectivity index (χ0) is 32.9. The van der Waals surface area contributed by atoms with E-state index in [1.54, 1.807) is 0 Å². The Balaban J connectivity index is 1.22. The molecule has 0 atom stereocenters. The Morgan fingerprint density at radius 1 is 0.851 bits per heavy atom. The van der Waals surface area contributed by atoms with Gasteiger partial charge in [0.2, 0.25) is 10.0 Å². The molecular weight excluding hydrogens is 655 g/mol. The summed E-state index contributed by atoms with van der Waals surface area (Å²) >= 11 is 12.5. The number of amides is 1. The largest absolute Gasteiger partial charge is 0.496 e. The third kappa shape index (κ3) is 6.13. The van der Waals surface area contributed by atoms with Crippen molar-refractivity contribution >= 4 is 50.0 Å². The first-order chi connectivity index (χ1) is 22.6. The van der Waals surface area contributed by atoms with Crippen LogP contribution in [0, 0.1) is 0 Å². The van der Waals surface area contributed by atoms with Gasteiger partial charge in [-0.25, -0.2) is 8.42 Å². The Labute approximate surface area is 284 Å². The molecule has 1 saturated carbocycles. The Hall–Kier alpha value is -3.89. The maximum absolute atomic E-state index is 13.7. The molecule has 1 saturated heterocycles. The highest BCUT2D eigenvalue weighted by atomic mass is 35.5. The van der Waals surface area contributed by atoms with Crippen LogP contribution < -0.4 is 10.5 Å². The number of sulfonamides is 1. The average Bonchev–Trinajstić information content (AvgIpc) is 3.86. The Kier molecular flexibility index (Phi) is 8.51. The van der Waals surface area contributed by atoms with E-state index in [0.29, 0.717) is 42.0 Å². The van der Waals surface area contributed by atoms with E-state index in [0.717, 1.165) is 40.4 Å². The van der Waals surface area contributed by atoms with Crippen molar-refractivity contribution in [2.24, 2.45) is 5.73 Å². The molecule has 4 aromatic carbocycles. The van der Waals surface area contributed by atoms with E-state index in [1.165, 1.54) is 35.3 Å². The summed E-state index contributed by atoms with van der Waals surface area (Å²) in [6, 6.07) is 27.0. The Bertz CT molecular complexity index is 2020. The van der Waals surface area contributed by atoms with E-state index in [9.17, 15) is 13.2 Å². The number of hydrogen-bond donors (Lipinski definition) is 1. The molecule has 2 aliphatic rings. The highest BCUT2D eigenvalue weighted by molar-refractivity contribution is 7.89. The molecule has 5 aromatic rings. The molecule has 2 fully saturated rings. The van der Waals surface area contributed by atoms with Crippen LogP contribution in [-0.4, -0.2) is 48.6 Å². The van der Waals surface area contributed by atoms with E-state index >= 15 is 0 Å². The highest BCUT2D eigenvalue weighted by Crippen LogP contribution is 2.44. The molecule has 0 unspecified atom stereocenters. The number of carbonyl (C=O) groups excluding carboxylic acids is 1. The van der Waals surface area contributed by atoms with Crippen LogP contribution in [0.1, 0.15) is 76.3 Å². The molecule has 2 N–H and O–H groups in total. The van der Waals surface area contributed by atoms with Crippen LogP contribution in [0.5, 0.6) is 5.75 Å². The molecule has 2 heterocycles. The lowest BCUT2D eigenvalue weighted by Gasteiger charge is -2.32. The lowest BCUT2D eigenvalue weighted by Crippen LogP contribution is -2.38. The summed E-state index contributed by atoms with van der Waals surface area (Å²) in [4.78, 5) is 12.0. The third-order valence-corrected chi connectivity index (χ3v) is 11.7. The van der Waals surface area contributed by atoms with Crippen LogP contribution >= 0.6 is 23.2 Å². The zero-order valence-corrected chi connectivity index (χ0v) is 28.1. The number of ether oxygens (including phenoxy) is 1. The van der Waals surface area contributed by atoms with Gasteiger partial charge in [0.05, 0.1) is 29.1 Å². The standard InChI is InChI=1S/C36H34Cl2N4O4S/c1-46-33-15-13-29(21-31(33)36(39)43)47(44,45)41-18-16-24(17-19-41)35-30-20-25(6-14-32(30)40-42(35)28-11-12-28)34(22-2-7-26(37)8-3-22)23-4-9-27(38)10-5-23/h2-10,13-15,20-21,24,28,34H,11-12,16-19H2,1H3,(H2,39,43). The van der Waals surface area contributed by atoms with Crippen molar-refractivity contribution in [3.05, 3.63) is 123 Å². The number of rotatable bonds is 9. The number of hydrogen-bond acceptors (Lipinski definition) is 5. The van der Waals surface area contributed by atoms with Gasteiger partial charge in [-0.2, -0.15) is 9.40 Å². The summed E-state index contributed by atoms with van der Waals surface area (Å²) in [5.41, 5.74) is 11.0. The van der Waals surface area contributed by atoms with Crippen molar-refractivity contribution in [2.45, 2.75) is 48.5 Å². The molecule has 1 amide bonds. The number of benzene rings is 4.